The van der Waals surface area contributed by atoms with E-state index in [1.54, 1.807) is 6.07 Å². The summed E-state index contributed by atoms with van der Waals surface area (Å²) >= 11 is 0. The molecule has 0 amide bonds. The van der Waals surface area contributed by atoms with E-state index in [2.05, 4.69) is 19.9 Å². The van der Waals surface area contributed by atoms with Crippen molar-refractivity contribution in [1.82, 2.24) is 19.9 Å². The van der Waals surface area contributed by atoms with E-state index in [-0.39, 0.29) is 29.2 Å². The predicted octanol–water partition coefficient (Wildman–Crippen LogP) is 3.64. The second-order valence-corrected chi connectivity index (χ2v) is 8.50. The van der Waals surface area contributed by atoms with Crippen LogP contribution in [-0.4, -0.2) is 25.7 Å². The number of hydrogen-bond donors (Lipinski definition) is 2. The molecular weight excluding hydrogens is 455 g/mol. The van der Waals surface area contributed by atoms with Crippen molar-refractivity contribution in [2.75, 3.05) is 5.48 Å². The van der Waals surface area contributed by atoms with E-state index in [4.69, 9.17) is 0 Å². The van der Waals surface area contributed by atoms with E-state index in [9.17, 15) is 28.0 Å². The first kappa shape index (κ1) is 26.6. The molecule has 9 nitrogen and oxygen atoms in total. The molecule has 0 aliphatic carbocycles. The lowest BCUT2D eigenvalue weighted by Gasteiger charge is -2.32. The number of aromatic nitrogens is 4. The van der Waals surface area contributed by atoms with Gasteiger partial charge in [-0.3, -0.25) is 9.59 Å². The Balaban J connectivity index is 0.00000408. The molecule has 0 unspecified atom stereocenters. The zero-order valence-electron chi connectivity index (χ0n) is 18.6. The molecule has 0 saturated carbocycles. The fraction of sp³-hybridized carbons (Fsp3) is 0.318. The van der Waals surface area contributed by atoms with Crippen molar-refractivity contribution in [2.45, 2.75) is 39.3 Å². The van der Waals surface area contributed by atoms with Gasteiger partial charge in [0.15, 0.2) is 17.4 Å². The number of Topliss-reactive ketones (excluding diaryl/α,β-unsaturated/α-hetero) is 1. The molecule has 1 aromatic carbocycles. The normalized spacial score (nSPS) is 12.6. The first-order valence-electron chi connectivity index (χ1n) is 9.91. The SMILES string of the molecule is CC(C)(C)[C@@H](CC(=O)c1cc(=O)[nH]c(-c2ncccn2)n1)c1ccc(C(F)(F)F)c(N[O-])c1.[OH3+]. The van der Waals surface area contributed by atoms with E-state index in [1.807, 2.05) is 20.8 Å². The maximum atomic E-state index is 13.2. The molecule has 0 aliphatic heterocycles. The molecule has 182 valence electrons. The van der Waals surface area contributed by atoms with Crippen molar-refractivity contribution in [3.8, 4) is 11.6 Å². The molecule has 0 spiro atoms. The van der Waals surface area contributed by atoms with Crippen LogP contribution < -0.4 is 11.0 Å². The number of benzene rings is 1. The molecule has 5 N–H and O–H groups in total. The quantitative estimate of drug-likeness (QED) is 0.310. The van der Waals surface area contributed by atoms with Gasteiger partial charge >= 0.3 is 6.18 Å². The van der Waals surface area contributed by atoms with Gasteiger partial charge in [-0.25, -0.2) is 15.0 Å². The number of halogens is 3. The summed E-state index contributed by atoms with van der Waals surface area (Å²) in [6.07, 6.45) is -1.95. The lowest BCUT2D eigenvalue weighted by molar-refractivity contribution is -0.136. The van der Waals surface area contributed by atoms with Crippen LogP contribution in [0, 0.1) is 10.6 Å². The van der Waals surface area contributed by atoms with Crippen molar-refractivity contribution >= 4 is 11.5 Å². The Labute approximate surface area is 192 Å². The van der Waals surface area contributed by atoms with Crippen molar-refractivity contribution < 1.29 is 23.4 Å². The fourth-order valence-electron chi connectivity index (χ4n) is 3.45. The van der Waals surface area contributed by atoms with Crippen LogP contribution in [0.25, 0.3) is 11.6 Å². The van der Waals surface area contributed by atoms with Crippen LogP contribution in [0.1, 0.15) is 54.7 Å². The Bertz CT molecular complexity index is 1210. The molecule has 2 aromatic heterocycles. The summed E-state index contributed by atoms with van der Waals surface area (Å²) in [6.45, 7) is 5.46. The second kappa shape index (κ2) is 10.1. The van der Waals surface area contributed by atoms with Crippen molar-refractivity contribution in [1.29, 1.82) is 0 Å². The van der Waals surface area contributed by atoms with E-state index < -0.39 is 40.1 Å². The monoisotopic (exact) mass is 479 g/mol. The summed E-state index contributed by atoms with van der Waals surface area (Å²) in [5.41, 5.74) is -1.27. The van der Waals surface area contributed by atoms with E-state index in [0.717, 1.165) is 18.2 Å². The summed E-state index contributed by atoms with van der Waals surface area (Å²) < 4.78 is 39.5. The number of nitrogens with one attached hydrogen (secondary N) is 2. The van der Waals surface area contributed by atoms with Crippen LogP contribution in [0.3, 0.4) is 0 Å². The van der Waals surface area contributed by atoms with Gasteiger partial charge in [-0.1, -0.05) is 26.8 Å². The average Bonchev–Trinajstić information content (AvgIpc) is 2.75. The highest BCUT2D eigenvalue weighted by Crippen LogP contribution is 2.42. The third-order valence-electron chi connectivity index (χ3n) is 5.10. The lowest BCUT2D eigenvalue weighted by atomic mass is 9.73. The summed E-state index contributed by atoms with van der Waals surface area (Å²) in [5.74, 6) is -0.914. The predicted molar refractivity (Wildman–Crippen MR) is 120 cm³/mol. The van der Waals surface area contributed by atoms with Crippen LogP contribution in [0.4, 0.5) is 18.9 Å². The standard InChI is InChI=1S/C22H21F3N5O3.H2O/c1-21(2,3)14(12-5-6-13(22(23,24)25)15(9-12)30-33)10-17(31)16-11-18(32)29-20(28-16)19-26-7-4-8-27-19;/h4-9,11,14,30H,10H2,1-3H3,(H,28,29,32);1H2/q-1;/p+1/t14-;/m0./s1. The molecule has 3 aromatic rings. The van der Waals surface area contributed by atoms with Gasteiger partial charge in [-0.05, 0) is 35.1 Å². The molecular formula is C22H24F3N5O4. The minimum Gasteiger partial charge on any atom is -0.761 e. The third-order valence-corrected chi connectivity index (χ3v) is 5.10. The van der Waals surface area contributed by atoms with E-state index in [0.29, 0.717) is 5.56 Å². The van der Waals surface area contributed by atoms with Gasteiger partial charge in [0, 0.05) is 30.6 Å². The van der Waals surface area contributed by atoms with E-state index in [1.165, 1.54) is 23.9 Å². The first-order valence-corrected chi connectivity index (χ1v) is 9.91. The molecule has 3 rings (SSSR count). The molecule has 0 radical (unpaired) electrons. The first-order chi connectivity index (χ1) is 15.4. The Kier molecular flexibility index (Phi) is 7.90. The minimum absolute atomic E-state index is 0. The Hall–Kier alpha value is -3.64. The van der Waals surface area contributed by atoms with Gasteiger partial charge in [0.25, 0.3) is 5.56 Å². The number of H-pyrrole nitrogens is 1. The highest BCUT2D eigenvalue weighted by atomic mass is 19.4. The maximum Gasteiger partial charge on any atom is 0.418 e. The van der Waals surface area contributed by atoms with Crippen LogP contribution >= 0.6 is 0 Å². The van der Waals surface area contributed by atoms with E-state index >= 15 is 0 Å². The number of hydrogen-bond acceptors (Lipinski definition) is 7. The number of alkyl halides is 3. The van der Waals surface area contributed by atoms with Crippen molar-refractivity contribution in [3.63, 3.8) is 0 Å². The molecule has 0 aliphatic rings. The number of ketones is 1. The summed E-state index contributed by atoms with van der Waals surface area (Å²) in [7, 11) is 0. The number of aromatic amines is 1. The lowest BCUT2D eigenvalue weighted by Crippen LogP contribution is -2.24. The summed E-state index contributed by atoms with van der Waals surface area (Å²) in [4.78, 5) is 39.8. The molecule has 34 heavy (non-hydrogen) atoms. The Morgan fingerprint density at radius 2 is 1.79 bits per heavy atom. The maximum absolute atomic E-state index is 13.2. The van der Waals surface area contributed by atoms with Crippen LogP contribution in [-0.2, 0) is 11.7 Å². The van der Waals surface area contributed by atoms with Crippen LogP contribution in [0.15, 0.2) is 47.5 Å². The van der Waals surface area contributed by atoms with Gasteiger partial charge in [-0.2, -0.15) is 13.2 Å². The number of anilines is 1. The molecule has 12 heteroatoms. The summed E-state index contributed by atoms with van der Waals surface area (Å²) in [6, 6.07) is 5.80. The number of rotatable bonds is 6. The topological polar surface area (TPSA) is 157 Å². The molecule has 2 heterocycles. The van der Waals surface area contributed by atoms with Gasteiger partial charge in [-0.15, -0.1) is 0 Å². The summed E-state index contributed by atoms with van der Waals surface area (Å²) in [5, 5.41) is 11.2. The Morgan fingerprint density at radius 3 is 2.35 bits per heavy atom. The van der Waals surface area contributed by atoms with Crippen LogP contribution in [0.5, 0.6) is 0 Å². The van der Waals surface area contributed by atoms with Gasteiger partial charge in [0.2, 0.25) is 0 Å². The smallest absolute Gasteiger partial charge is 0.418 e. The molecule has 0 fully saturated rings. The molecule has 1 atom stereocenters. The minimum atomic E-state index is -4.71. The number of carbonyl (C=O) groups excluding carboxylic acids is 1. The highest BCUT2D eigenvalue weighted by Gasteiger charge is 2.35. The zero-order chi connectivity index (χ0) is 24.4. The Morgan fingerprint density at radius 1 is 1.15 bits per heavy atom. The van der Waals surface area contributed by atoms with Gasteiger partial charge in [0.1, 0.15) is 5.69 Å². The fourth-order valence-corrected chi connectivity index (χ4v) is 3.45. The second-order valence-electron chi connectivity index (χ2n) is 8.50. The highest BCUT2D eigenvalue weighted by molar-refractivity contribution is 5.95. The molecule has 0 bridgehead atoms. The van der Waals surface area contributed by atoms with Gasteiger partial charge in [0.05, 0.1) is 5.56 Å². The number of carbonyl (C=O) groups is 1. The number of nitrogens with zero attached hydrogens (tertiary/aromatic N) is 3. The third kappa shape index (κ3) is 6.02. The largest absolute Gasteiger partial charge is 0.761 e. The van der Waals surface area contributed by atoms with Crippen molar-refractivity contribution in [3.05, 3.63) is 75.1 Å². The molecule has 0 saturated heterocycles. The van der Waals surface area contributed by atoms with Gasteiger partial charge < -0.3 is 21.1 Å². The van der Waals surface area contributed by atoms with Crippen molar-refractivity contribution in [2.24, 2.45) is 5.41 Å². The van der Waals surface area contributed by atoms with Crippen LogP contribution in [0.2, 0.25) is 0 Å². The average molecular weight is 479 g/mol. The zero-order valence-corrected chi connectivity index (χ0v) is 18.6.